The number of nitrogens with zero attached hydrogens (tertiary/aromatic N) is 3. The summed E-state index contributed by atoms with van der Waals surface area (Å²) in [4.78, 5) is 22.3. The quantitative estimate of drug-likeness (QED) is 0.240. The van der Waals surface area contributed by atoms with Gasteiger partial charge in [0.25, 0.3) is 5.19 Å². The number of hydrogen-bond acceptors (Lipinski definition) is 7. The third-order valence-electron chi connectivity index (χ3n) is 7.22. The molecule has 218 valence electrons. The number of piperazine rings is 1. The lowest BCUT2D eigenvalue weighted by molar-refractivity contribution is -0.133. The standard InChI is InChI=1S/C34H37N3O4S/c1-2-40-34-35-29(25-42-34)18-17-26-11-9-10-16-31(26)41-24-30(38)23-36-19-21-37(22-20-36)33(39)32(27-12-5-3-6-13-27)28-14-7-4-8-15-28/h3-18,25,30,32,38H,2,19-24H2,1H3/b18-17+. The first-order valence-corrected chi connectivity index (χ1v) is 15.3. The van der Waals surface area contributed by atoms with Crippen molar-refractivity contribution in [1.82, 2.24) is 14.8 Å². The zero-order valence-electron chi connectivity index (χ0n) is 23.8. The average molecular weight is 584 g/mol. The Morgan fingerprint density at radius 2 is 1.55 bits per heavy atom. The summed E-state index contributed by atoms with van der Waals surface area (Å²) in [7, 11) is 0. The number of carbonyl (C=O) groups excluding carboxylic acids is 1. The minimum atomic E-state index is -0.655. The maximum Gasteiger partial charge on any atom is 0.273 e. The monoisotopic (exact) mass is 583 g/mol. The number of aliphatic hydroxyl groups excluding tert-OH is 1. The van der Waals surface area contributed by atoms with E-state index in [-0.39, 0.29) is 18.4 Å². The molecule has 1 aliphatic rings. The van der Waals surface area contributed by atoms with Gasteiger partial charge in [0.2, 0.25) is 5.91 Å². The zero-order chi connectivity index (χ0) is 29.1. The fourth-order valence-corrected chi connectivity index (χ4v) is 5.80. The second-order valence-corrected chi connectivity index (χ2v) is 11.0. The molecule has 1 atom stereocenters. The van der Waals surface area contributed by atoms with Crippen molar-refractivity contribution in [2.24, 2.45) is 0 Å². The van der Waals surface area contributed by atoms with Gasteiger partial charge in [-0.15, -0.1) is 0 Å². The molecular formula is C34H37N3O4S. The van der Waals surface area contributed by atoms with Crippen LogP contribution in [0.1, 0.15) is 35.2 Å². The number of rotatable bonds is 12. The highest BCUT2D eigenvalue weighted by Gasteiger charge is 2.30. The van der Waals surface area contributed by atoms with E-state index in [1.165, 1.54) is 11.3 Å². The van der Waals surface area contributed by atoms with Crippen molar-refractivity contribution >= 4 is 29.4 Å². The molecule has 1 fully saturated rings. The Labute approximate surface area is 251 Å². The molecule has 1 N–H and O–H groups in total. The van der Waals surface area contributed by atoms with E-state index in [1.807, 2.05) is 114 Å². The first-order chi connectivity index (χ1) is 20.6. The van der Waals surface area contributed by atoms with Crippen LogP contribution in [0.25, 0.3) is 12.2 Å². The highest BCUT2D eigenvalue weighted by Crippen LogP contribution is 2.28. The van der Waals surface area contributed by atoms with Gasteiger partial charge >= 0.3 is 0 Å². The molecule has 1 unspecified atom stereocenters. The number of amides is 1. The van der Waals surface area contributed by atoms with Gasteiger partial charge in [0.05, 0.1) is 18.2 Å². The number of aromatic nitrogens is 1. The van der Waals surface area contributed by atoms with Crippen LogP contribution in [0.3, 0.4) is 0 Å². The molecule has 0 radical (unpaired) electrons. The summed E-state index contributed by atoms with van der Waals surface area (Å²) in [5.74, 6) is 0.498. The number of β-amino-alcohol motifs (C(OH)–C–C–N with tert-alkyl or cyclic N) is 1. The van der Waals surface area contributed by atoms with Crippen LogP contribution < -0.4 is 9.47 Å². The number of para-hydroxylation sites is 1. The lowest BCUT2D eigenvalue weighted by atomic mass is 9.90. The van der Waals surface area contributed by atoms with Gasteiger partial charge < -0.3 is 19.5 Å². The Bertz CT molecular complexity index is 1400. The van der Waals surface area contributed by atoms with Crippen molar-refractivity contribution in [3.05, 3.63) is 113 Å². The first-order valence-electron chi connectivity index (χ1n) is 14.4. The molecule has 0 saturated carbocycles. The topological polar surface area (TPSA) is 75.1 Å². The molecule has 7 nitrogen and oxygen atoms in total. The summed E-state index contributed by atoms with van der Waals surface area (Å²) in [5, 5.41) is 13.4. The molecular weight excluding hydrogens is 546 g/mol. The molecule has 1 aliphatic heterocycles. The summed E-state index contributed by atoms with van der Waals surface area (Å²) < 4.78 is 11.5. The number of ether oxygens (including phenoxy) is 2. The van der Waals surface area contributed by atoms with Gasteiger partial charge in [0.15, 0.2) is 0 Å². The maximum absolute atomic E-state index is 13.7. The number of thiazole rings is 1. The van der Waals surface area contributed by atoms with Gasteiger partial charge in [-0.2, -0.15) is 0 Å². The predicted octanol–water partition coefficient (Wildman–Crippen LogP) is 5.43. The van der Waals surface area contributed by atoms with Crippen LogP contribution in [0, 0.1) is 0 Å². The molecule has 1 amide bonds. The second-order valence-electron chi connectivity index (χ2n) is 10.2. The SMILES string of the molecule is CCOc1nc(/C=C/c2ccccc2OCC(O)CN2CCN(C(=O)C(c3ccccc3)c3ccccc3)CC2)cs1. The fourth-order valence-electron chi connectivity index (χ4n) is 5.10. The number of benzene rings is 3. The molecule has 5 rings (SSSR count). The minimum Gasteiger partial charge on any atom is -0.490 e. The van der Waals surface area contributed by atoms with E-state index in [0.717, 1.165) is 22.4 Å². The van der Waals surface area contributed by atoms with Crippen LogP contribution in [-0.4, -0.2) is 77.8 Å². The van der Waals surface area contributed by atoms with E-state index in [9.17, 15) is 9.90 Å². The average Bonchev–Trinajstić information content (AvgIpc) is 3.48. The molecule has 1 aromatic heterocycles. The Morgan fingerprint density at radius 1 is 0.905 bits per heavy atom. The largest absolute Gasteiger partial charge is 0.490 e. The molecule has 0 spiro atoms. The lowest BCUT2D eigenvalue weighted by Gasteiger charge is -2.37. The summed E-state index contributed by atoms with van der Waals surface area (Å²) in [5.41, 5.74) is 3.74. The van der Waals surface area contributed by atoms with Crippen molar-refractivity contribution in [1.29, 1.82) is 0 Å². The van der Waals surface area contributed by atoms with Crippen molar-refractivity contribution in [3.63, 3.8) is 0 Å². The summed E-state index contributed by atoms with van der Waals surface area (Å²) >= 11 is 1.47. The molecule has 1 saturated heterocycles. The van der Waals surface area contributed by atoms with Crippen LogP contribution in [0.4, 0.5) is 0 Å². The van der Waals surface area contributed by atoms with E-state index in [2.05, 4.69) is 9.88 Å². The Kier molecular flexibility index (Phi) is 10.4. The van der Waals surface area contributed by atoms with Crippen LogP contribution in [0.2, 0.25) is 0 Å². The highest BCUT2D eigenvalue weighted by atomic mass is 32.1. The number of aliphatic hydroxyl groups is 1. The van der Waals surface area contributed by atoms with Crippen LogP contribution >= 0.6 is 11.3 Å². The third kappa shape index (κ3) is 7.85. The molecule has 0 bridgehead atoms. The van der Waals surface area contributed by atoms with Gasteiger partial charge in [0, 0.05) is 43.7 Å². The fraction of sp³-hybridized carbons (Fsp3) is 0.294. The second kappa shape index (κ2) is 14.8. The van der Waals surface area contributed by atoms with Gasteiger partial charge in [-0.3, -0.25) is 9.69 Å². The lowest BCUT2D eigenvalue weighted by Crippen LogP contribution is -2.52. The Hall–Kier alpha value is -3.98. The molecule has 4 aromatic rings. The summed E-state index contributed by atoms with van der Waals surface area (Å²) in [6, 6.07) is 27.7. The smallest absolute Gasteiger partial charge is 0.273 e. The number of hydrogen-bond donors (Lipinski definition) is 1. The van der Waals surface area contributed by atoms with Crippen molar-refractivity contribution < 1.29 is 19.4 Å². The minimum absolute atomic E-state index is 0.118. The molecule has 3 aromatic carbocycles. The highest BCUT2D eigenvalue weighted by molar-refractivity contribution is 7.11. The predicted molar refractivity (Wildman–Crippen MR) is 168 cm³/mol. The molecule has 2 heterocycles. The van der Waals surface area contributed by atoms with Gasteiger partial charge in [-0.05, 0) is 36.3 Å². The van der Waals surface area contributed by atoms with Gasteiger partial charge in [-0.1, -0.05) is 90.2 Å². The van der Waals surface area contributed by atoms with Crippen molar-refractivity contribution in [2.45, 2.75) is 18.9 Å². The molecule has 42 heavy (non-hydrogen) atoms. The van der Waals surface area contributed by atoms with E-state index in [4.69, 9.17) is 9.47 Å². The maximum atomic E-state index is 13.7. The van der Waals surface area contributed by atoms with Gasteiger partial charge in [0.1, 0.15) is 18.5 Å². The first kappa shape index (κ1) is 29.5. The van der Waals surface area contributed by atoms with Crippen molar-refractivity contribution in [3.8, 4) is 10.9 Å². The Balaban J connectivity index is 1.12. The van der Waals surface area contributed by atoms with Crippen molar-refractivity contribution in [2.75, 3.05) is 45.9 Å². The zero-order valence-corrected chi connectivity index (χ0v) is 24.7. The summed E-state index contributed by atoms with van der Waals surface area (Å²) in [6.07, 6.45) is 3.23. The van der Waals surface area contributed by atoms with Crippen LogP contribution in [0.5, 0.6) is 10.9 Å². The van der Waals surface area contributed by atoms with E-state index >= 15 is 0 Å². The van der Waals surface area contributed by atoms with E-state index in [1.54, 1.807) is 0 Å². The third-order valence-corrected chi connectivity index (χ3v) is 7.99. The molecule has 8 heteroatoms. The van der Waals surface area contributed by atoms with E-state index in [0.29, 0.717) is 50.3 Å². The summed E-state index contributed by atoms with van der Waals surface area (Å²) in [6.45, 7) is 5.85. The van der Waals surface area contributed by atoms with E-state index < -0.39 is 6.10 Å². The number of carbonyl (C=O) groups is 1. The van der Waals surface area contributed by atoms with Gasteiger partial charge in [-0.25, -0.2) is 4.98 Å². The Morgan fingerprint density at radius 3 is 2.21 bits per heavy atom. The van der Waals surface area contributed by atoms with Crippen LogP contribution in [0.15, 0.2) is 90.3 Å². The van der Waals surface area contributed by atoms with Crippen LogP contribution in [-0.2, 0) is 4.79 Å². The normalized spacial score (nSPS) is 14.8. The molecule has 0 aliphatic carbocycles.